The SMILES string of the molecule is C#Cc1oc(-c2cccc(Br)c2)cc1N. The van der Waals surface area contributed by atoms with E-state index < -0.39 is 0 Å². The molecule has 0 unspecified atom stereocenters. The van der Waals surface area contributed by atoms with E-state index in [1.807, 2.05) is 24.3 Å². The van der Waals surface area contributed by atoms with Gasteiger partial charge in [0.25, 0.3) is 0 Å². The van der Waals surface area contributed by atoms with Gasteiger partial charge < -0.3 is 10.2 Å². The number of anilines is 1. The summed E-state index contributed by atoms with van der Waals surface area (Å²) in [5.74, 6) is 3.46. The van der Waals surface area contributed by atoms with Gasteiger partial charge in [-0.25, -0.2) is 0 Å². The van der Waals surface area contributed by atoms with E-state index in [1.54, 1.807) is 6.07 Å². The van der Waals surface area contributed by atoms with Crippen molar-refractivity contribution in [1.82, 2.24) is 0 Å². The number of nitrogen functional groups attached to an aromatic ring is 1. The van der Waals surface area contributed by atoms with Crippen LogP contribution in [0.4, 0.5) is 5.69 Å². The van der Waals surface area contributed by atoms with Gasteiger partial charge in [-0.15, -0.1) is 6.42 Å². The van der Waals surface area contributed by atoms with E-state index in [9.17, 15) is 0 Å². The zero-order valence-corrected chi connectivity index (χ0v) is 9.41. The van der Waals surface area contributed by atoms with Gasteiger partial charge in [-0.1, -0.05) is 28.1 Å². The lowest BCUT2D eigenvalue weighted by atomic mass is 10.2. The molecular weight excluding hydrogens is 254 g/mol. The van der Waals surface area contributed by atoms with Crippen LogP contribution in [0.5, 0.6) is 0 Å². The first-order valence-electron chi connectivity index (χ1n) is 4.32. The maximum absolute atomic E-state index is 5.68. The molecule has 0 fully saturated rings. The number of halogens is 1. The Kier molecular flexibility index (Phi) is 2.53. The standard InChI is InChI=1S/C12H8BrNO/c1-2-11-10(14)7-12(15-11)8-4-3-5-9(13)6-8/h1,3-7H,14H2. The number of rotatable bonds is 1. The fourth-order valence-electron chi connectivity index (χ4n) is 1.30. The molecule has 0 spiro atoms. The highest BCUT2D eigenvalue weighted by molar-refractivity contribution is 9.10. The lowest BCUT2D eigenvalue weighted by molar-refractivity contribution is 0.570. The molecular formula is C12H8BrNO. The summed E-state index contributed by atoms with van der Waals surface area (Å²) in [6, 6.07) is 9.48. The van der Waals surface area contributed by atoms with E-state index in [0.717, 1.165) is 10.0 Å². The maximum Gasteiger partial charge on any atom is 0.200 e. The van der Waals surface area contributed by atoms with E-state index >= 15 is 0 Å². The van der Waals surface area contributed by atoms with Gasteiger partial charge in [0.05, 0.1) is 5.69 Å². The topological polar surface area (TPSA) is 39.2 Å². The highest BCUT2D eigenvalue weighted by Crippen LogP contribution is 2.28. The van der Waals surface area contributed by atoms with Crippen LogP contribution >= 0.6 is 15.9 Å². The summed E-state index contributed by atoms with van der Waals surface area (Å²) in [4.78, 5) is 0. The first-order chi connectivity index (χ1) is 7.20. The summed E-state index contributed by atoms with van der Waals surface area (Å²) in [6.45, 7) is 0. The van der Waals surface area contributed by atoms with Crippen LogP contribution in [-0.4, -0.2) is 0 Å². The van der Waals surface area contributed by atoms with E-state index in [0.29, 0.717) is 17.2 Å². The van der Waals surface area contributed by atoms with Gasteiger partial charge in [0, 0.05) is 16.1 Å². The van der Waals surface area contributed by atoms with Crippen LogP contribution in [0.2, 0.25) is 0 Å². The number of hydrogen-bond acceptors (Lipinski definition) is 2. The highest BCUT2D eigenvalue weighted by atomic mass is 79.9. The van der Waals surface area contributed by atoms with Crippen molar-refractivity contribution in [2.24, 2.45) is 0 Å². The van der Waals surface area contributed by atoms with E-state index in [2.05, 4.69) is 21.9 Å². The number of benzene rings is 1. The lowest BCUT2D eigenvalue weighted by Gasteiger charge is -1.96. The first-order valence-corrected chi connectivity index (χ1v) is 5.12. The van der Waals surface area contributed by atoms with Gasteiger partial charge in [0.1, 0.15) is 5.76 Å². The largest absolute Gasteiger partial charge is 0.445 e. The molecule has 3 heteroatoms. The molecule has 0 radical (unpaired) electrons. The third kappa shape index (κ3) is 1.90. The molecule has 74 valence electrons. The molecule has 0 atom stereocenters. The minimum atomic E-state index is 0.380. The van der Waals surface area contributed by atoms with Gasteiger partial charge >= 0.3 is 0 Å². The molecule has 0 bridgehead atoms. The molecule has 2 aromatic rings. The van der Waals surface area contributed by atoms with Crippen LogP contribution in [-0.2, 0) is 0 Å². The smallest absolute Gasteiger partial charge is 0.200 e. The minimum absolute atomic E-state index is 0.380. The van der Waals surface area contributed by atoms with Crippen molar-refractivity contribution in [3.63, 3.8) is 0 Å². The van der Waals surface area contributed by atoms with Crippen LogP contribution in [0.1, 0.15) is 5.76 Å². The molecule has 2 N–H and O–H groups in total. The maximum atomic E-state index is 5.68. The third-order valence-corrected chi connectivity index (χ3v) is 2.49. The van der Waals surface area contributed by atoms with Crippen LogP contribution in [0.3, 0.4) is 0 Å². The van der Waals surface area contributed by atoms with Gasteiger partial charge in [0.15, 0.2) is 5.76 Å². The summed E-state index contributed by atoms with van der Waals surface area (Å²) < 4.78 is 6.41. The molecule has 15 heavy (non-hydrogen) atoms. The van der Waals surface area contributed by atoms with E-state index in [-0.39, 0.29) is 0 Å². The molecule has 0 saturated carbocycles. The molecule has 0 aliphatic heterocycles. The van der Waals surface area contributed by atoms with Crippen molar-refractivity contribution in [2.75, 3.05) is 5.73 Å². The molecule has 1 aromatic heterocycles. The van der Waals surface area contributed by atoms with Crippen molar-refractivity contribution in [2.45, 2.75) is 0 Å². The zero-order chi connectivity index (χ0) is 10.8. The summed E-state index contributed by atoms with van der Waals surface area (Å²) in [5, 5.41) is 0. The minimum Gasteiger partial charge on any atom is -0.445 e. The fraction of sp³-hybridized carbons (Fsp3) is 0. The molecule has 2 rings (SSSR count). The molecule has 1 heterocycles. The van der Waals surface area contributed by atoms with Crippen molar-refractivity contribution < 1.29 is 4.42 Å². The second-order valence-electron chi connectivity index (χ2n) is 3.05. The molecule has 0 aliphatic carbocycles. The molecule has 0 amide bonds. The number of furan rings is 1. The summed E-state index contributed by atoms with van der Waals surface area (Å²) >= 11 is 3.39. The van der Waals surface area contributed by atoms with Gasteiger partial charge in [-0.3, -0.25) is 0 Å². The Morgan fingerprint density at radius 2 is 2.13 bits per heavy atom. The molecule has 1 aromatic carbocycles. The van der Waals surface area contributed by atoms with Crippen molar-refractivity contribution in [1.29, 1.82) is 0 Å². The normalized spacial score (nSPS) is 9.87. The predicted octanol–water partition coefficient (Wildman–Crippen LogP) is 3.27. The van der Waals surface area contributed by atoms with Gasteiger partial charge in [-0.05, 0) is 18.1 Å². The Bertz CT molecular complexity index is 537. The zero-order valence-electron chi connectivity index (χ0n) is 7.83. The van der Waals surface area contributed by atoms with Gasteiger partial charge in [0.2, 0.25) is 0 Å². The average Bonchev–Trinajstić information content (AvgIpc) is 2.60. The summed E-state index contributed by atoms with van der Waals surface area (Å²) in [6.07, 6.45) is 5.24. The van der Waals surface area contributed by atoms with Crippen LogP contribution < -0.4 is 5.73 Å². The Labute approximate surface area is 96.2 Å². The van der Waals surface area contributed by atoms with E-state index in [1.165, 1.54) is 0 Å². The Morgan fingerprint density at radius 1 is 1.33 bits per heavy atom. The van der Waals surface area contributed by atoms with Crippen LogP contribution in [0, 0.1) is 12.3 Å². The lowest BCUT2D eigenvalue weighted by Crippen LogP contribution is -1.82. The predicted molar refractivity (Wildman–Crippen MR) is 64.2 cm³/mol. The van der Waals surface area contributed by atoms with Crippen molar-refractivity contribution in [3.05, 3.63) is 40.6 Å². The number of nitrogens with two attached hydrogens (primary N) is 1. The van der Waals surface area contributed by atoms with Crippen LogP contribution in [0.25, 0.3) is 11.3 Å². The monoisotopic (exact) mass is 261 g/mol. The quantitative estimate of drug-likeness (QED) is 0.801. The summed E-state index contributed by atoms with van der Waals surface area (Å²) in [7, 11) is 0. The highest BCUT2D eigenvalue weighted by Gasteiger charge is 2.08. The number of hydrogen-bond donors (Lipinski definition) is 1. The number of terminal acetylenes is 1. The fourth-order valence-corrected chi connectivity index (χ4v) is 1.70. The Morgan fingerprint density at radius 3 is 2.73 bits per heavy atom. The van der Waals surface area contributed by atoms with Crippen molar-refractivity contribution >= 4 is 21.6 Å². The van der Waals surface area contributed by atoms with Gasteiger partial charge in [-0.2, -0.15) is 0 Å². The average molecular weight is 262 g/mol. The third-order valence-electron chi connectivity index (χ3n) is 2.00. The summed E-state index contributed by atoms with van der Waals surface area (Å²) in [5.41, 5.74) is 7.11. The Hall–Kier alpha value is -1.66. The van der Waals surface area contributed by atoms with Crippen molar-refractivity contribution in [3.8, 4) is 23.7 Å². The second kappa shape index (κ2) is 3.84. The Balaban J connectivity index is 2.51. The van der Waals surface area contributed by atoms with E-state index in [4.69, 9.17) is 16.6 Å². The molecule has 2 nitrogen and oxygen atoms in total. The second-order valence-corrected chi connectivity index (χ2v) is 3.97. The molecule has 0 aliphatic rings. The molecule has 0 saturated heterocycles. The first kappa shape index (κ1) is 9.88. The van der Waals surface area contributed by atoms with Crippen LogP contribution in [0.15, 0.2) is 39.2 Å².